The lowest BCUT2D eigenvalue weighted by Gasteiger charge is -2.08. The smallest absolute Gasteiger partial charge is 0.244 e. The Hall–Kier alpha value is -4.19. The Kier molecular flexibility index (Phi) is 5.62. The van der Waals surface area contributed by atoms with Crippen molar-refractivity contribution >= 4 is 40.6 Å². The number of rotatable bonds is 5. The summed E-state index contributed by atoms with van der Waals surface area (Å²) in [5.74, 6) is 0.798. The van der Waals surface area contributed by atoms with Crippen molar-refractivity contribution < 1.29 is 14.3 Å². The number of nitrogens with one attached hydrogen (secondary N) is 1. The fraction of sp³-hybridized carbons (Fsp3) is 0.0800. The number of amides is 1. The van der Waals surface area contributed by atoms with Gasteiger partial charge >= 0.3 is 0 Å². The molecule has 0 saturated carbocycles. The first-order chi connectivity index (χ1) is 15.0. The third kappa shape index (κ3) is 4.70. The highest BCUT2D eigenvalue weighted by Crippen LogP contribution is 2.29. The number of aromatic nitrogens is 2. The quantitative estimate of drug-likeness (QED) is 0.463. The zero-order chi connectivity index (χ0) is 21.8. The Morgan fingerprint density at radius 3 is 2.42 bits per heavy atom. The summed E-state index contributed by atoms with van der Waals surface area (Å²) < 4.78 is 7.34. The minimum absolute atomic E-state index is 0.153. The minimum atomic E-state index is -0.186. The van der Waals surface area contributed by atoms with Crippen LogP contribution in [0, 0.1) is 0 Å². The van der Waals surface area contributed by atoms with E-state index in [1.807, 2.05) is 54.6 Å². The third-order valence-electron chi connectivity index (χ3n) is 4.60. The summed E-state index contributed by atoms with van der Waals surface area (Å²) in [6.45, 7) is 2.93. The number of hydrogen-bond donors (Lipinski definition) is 1. The molecule has 0 atom stereocenters. The van der Waals surface area contributed by atoms with Crippen molar-refractivity contribution in [3.8, 4) is 11.5 Å². The maximum atomic E-state index is 12.2. The molecule has 31 heavy (non-hydrogen) atoms. The van der Waals surface area contributed by atoms with Crippen molar-refractivity contribution in [1.82, 2.24) is 9.78 Å². The zero-order valence-corrected chi connectivity index (χ0v) is 17.2. The number of carbonyl (C=O) groups is 2. The number of ether oxygens (including phenoxy) is 1. The van der Waals surface area contributed by atoms with Crippen molar-refractivity contribution in [2.75, 3.05) is 5.32 Å². The molecule has 6 nitrogen and oxygen atoms in total. The molecule has 1 aromatic heterocycles. The van der Waals surface area contributed by atoms with Gasteiger partial charge in [0, 0.05) is 37.1 Å². The monoisotopic (exact) mass is 411 g/mol. The largest absolute Gasteiger partial charge is 0.457 e. The number of benzene rings is 3. The average Bonchev–Trinajstić information content (AvgIpc) is 3.11. The van der Waals surface area contributed by atoms with Crippen LogP contribution in [0.1, 0.15) is 29.9 Å². The Balaban J connectivity index is 1.67. The van der Waals surface area contributed by atoms with E-state index < -0.39 is 0 Å². The van der Waals surface area contributed by atoms with Gasteiger partial charge in [0.1, 0.15) is 11.5 Å². The van der Waals surface area contributed by atoms with Crippen LogP contribution in [-0.4, -0.2) is 21.6 Å². The van der Waals surface area contributed by atoms with E-state index in [1.54, 1.807) is 30.3 Å². The van der Waals surface area contributed by atoms with Crippen LogP contribution in [0.25, 0.3) is 23.1 Å². The van der Waals surface area contributed by atoms with Crippen LogP contribution in [0.15, 0.2) is 72.8 Å². The molecule has 0 unspecified atom stereocenters. The van der Waals surface area contributed by atoms with E-state index in [2.05, 4.69) is 10.4 Å². The molecule has 0 aliphatic rings. The third-order valence-corrected chi connectivity index (χ3v) is 4.60. The van der Waals surface area contributed by atoms with Crippen LogP contribution in [0.5, 0.6) is 11.5 Å². The standard InChI is InChI=1S/C25H21N3O3/c1-17(29)26-20-9-6-10-21(15-20)31-22-12-13-23-24(14-11-19-7-4-3-5-8-19)27-28(18(2)30)25(23)16-22/h3-16H,1-2H3,(H,26,29)/b14-11+. The summed E-state index contributed by atoms with van der Waals surface area (Å²) in [5, 5.41) is 8.06. The van der Waals surface area contributed by atoms with E-state index in [4.69, 9.17) is 4.74 Å². The van der Waals surface area contributed by atoms with Crippen molar-refractivity contribution in [1.29, 1.82) is 0 Å². The molecule has 4 aromatic rings. The van der Waals surface area contributed by atoms with Gasteiger partial charge in [0.25, 0.3) is 0 Å². The van der Waals surface area contributed by atoms with Crippen LogP contribution >= 0.6 is 0 Å². The van der Waals surface area contributed by atoms with Gasteiger partial charge in [0.15, 0.2) is 0 Å². The summed E-state index contributed by atoms with van der Waals surface area (Å²) in [5.41, 5.74) is 3.06. The van der Waals surface area contributed by atoms with E-state index in [-0.39, 0.29) is 11.8 Å². The highest BCUT2D eigenvalue weighted by molar-refractivity contribution is 5.96. The first-order valence-corrected chi connectivity index (χ1v) is 9.82. The van der Waals surface area contributed by atoms with Crippen LogP contribution < -0.4 is 10.1 Å². The van der Waals surface area contributed by atoms with Gasteiger partial charge in [-0.05, 0) is 35.9 Å². The predicted molar refractivity (Wildman–Crippen MR) is 122 cm³/mol. The number of fused-ring (bicyclic) bond motifs is 1. The molecule has 0 spiro atoms. The fourth-order valence-corrected chi connectivity index (χ4v) is 3.26. The van der Waals surface area contributed by atoms with E-state index in [0.29, 0.717) is 28.4 Å². The highest BCUT2D eigenvalue weighted by atomic mass is 16.5. The van der Waals surface area contributed by atoms with Crippen molar-refractivity contribution in [2.24, 2.45) is 0 Å². The molecule has 6 heteroatoms. The zero-order valence-electron chi connectivity index (χ0n) is 17.2. The topological polar surface area (TPSA) is 73.2 Å². The van der Waals surface area contributed by atoms with Gasteiger partial charge in [-0.15, -0.1) is 0 Å². The summed E-state index contributed by atoms with van der Waals surface area (Å²) in [6.07, 6.45) is 3.86. The van der Waals surface area contributed by atoms with E-state index in [9.17, 15) is 9.59 Å². The molecule has 0 radical (unpaired) electrons. The number of carbonyl (C=O) groups excluding carboxylic acids is 2. The SMILES string of the molecule is CC(=O)Nc1cccc(Oc2ccc3c(/C=C/c4ccccc4)nn(C(C)=O)c3c2)c1. The van der Waals surface area contributed by atoms with Crippen molar-refractivity contribution in [2.45, 2.75) is 13.8 Å². The lowest BCUT2D eigenvalue weighted by atomic mass is 10.1. The minimum Gasteiger partial charge on any atom is -0.457 e. The Labute approximate surface area is 179 Å². The second-order valence-corrected chi connectivity index (χ2v) is 7.05. The molecular weight excluding hydrogens is 390 g/mol. The van der Waals surface area contributed by atoms with Gasteiger partial charge in [-0.25, -0.2) is 0 Å². The molecule has 4 rings (SSSR count). The van der Waals surface area contributed by atoms with Gasteiger partial charge < -0.3 is 10.1 Å². The molecular formula is C25H21N3O3. The summed E-state index contributed by atoms with van der Waals surface area (Å²) in [6, 6.07) is 22.5. The Bertz CT molecular complexity index is 1290. The predicted octanol–water partition coefficient (Wildman–Crippen LogP) is 5.62. The van der Waals surface area contributed by atoms with Crippen LogP contribution in [0.3, 0.4) is 0 Å². The summed E-state index contributed by atoms with van der Waals surface area (Å²) in [4.78, 5) is 23.4. The van der Waals surface area contributed by atoms with E-state index in [1.165, 1.54) is 18.5 Å². The normalized spacial score (nSPS) is 11.0. The maximum absolute atomic E-state index is 12.2. The average molecular weight is 411 g/mol. The van der Waals surface area contributed by atoms with Crippen molar-refractivity contribution in [3.63, 3.8) is 0 Å². The molecule has 0 saturated heterocycles. The fourth-order valence-electron chi connectivity index (χ4n) is 3.26. The molecule has 0 aliphatic heterocycles. The number of hydrogen-bond acceptors (Lipinski definition) is 4. The van der Waals surface area contributed by atoms with Crippen LogP contribution in [-0.2, 0) is 4.79 Å². The first-order valence-electron chi connectivity index (χ1n) is 9.82. The highest BCUT2D eigenvalue weighted by Gasteiger charge is 2.13. The van der Waals surface area contributed by atoms with Crippen LogP contribution in [0.2, 0.25) is 0 Å². The molecule has 0 bridgehead atoms. The second kappa shape index (κ2) is 8.67. The maximum Gasteiger partial charge on any atom is 0.244 e. The molecule has 0 aliphatic carbocycles. The molecule has 3 aromatic carbocycles. The Morgan fingerprint density at radius 2 is 1.68 bits per heavy atom. The van der Waals surface area contributed by atoms with Gasteiger partial charge in [-0.1, -0.05) is 42.5 Å². The van der Waals surface area contributed by atoms with Gasteiger partial charge in [0.05, 0.1) is 11.2 Å². The lowest BCUT2D eigenvalue weighted by Crippen LogP contribution is -2.07. The van der Waals surface area contributed by atoms with Crippen molar-refractivity contribution in [3.05, 3.63) is 84.1 Å². The molecule has 1 heterocycles. The van der Waals surface area contributed by atoms with E-state index >= 15 is 0 Å². The molecule has 154 valence electrons. The van der Waals surface area contributed by atoms with Gasteiger partial charge in [0.2, 0.25) is 11.8 Å². The Morgan fingerprint density at radius 1 is 0.903 bits per heavy atom. The van der Waals surface area contributed by atoms with Crippen LogP contribution in [0.4, 0.5) is 5.69 Å². The lowest BCUT2D eigenvalue weighted by molar-refractivity contribution is -0.114. The molecule has 1 N–H and O–H groups in total. The number of anilines is 1. The number of nitrogens with zero attached hydrogens (tertiary/aromatic N) is 2. The summed E-state index contributed by atoms with van der Waals surface area (Å²) >= 11 is 0. The van der Waals surface area contributed by atoms with Gasteiger partial charge in [-0.2, -0.15) is 9.78 Å². The molecule has 1 amide bonds. The second-order valence-electron chi connectivity index (χ2n) is 7.05. The molecule has 0 fully saturated rings. The van der Waals surface area contributed by atoms with E-state index in [0.717, 1.165) is 10.9 Å². The first kappa shape index (κ1) is 20.1. The summed E-state index contributed by atoms with van der Waals surface area (Å²) in [7, 11) is 0. The van der Waals surface area contributed by atoms with Gasteiger partial charge in [-0.3, -0.25) is 9.59 Å².